The number of aliphatic carboxylic acids is 1. The maximum absolute atomic E-state index is 12.6. The molecule has 0 aliphatic carbocycles. The maximum atomic E-state index is 12.6. The lowest BCUT2D eigenvalue weighted by Crippen LogP contribution is -3.15. The van der Waals surface area contributed by atoms with Crippen LogP contribution in [0.5, 0.6) is 0 Å². The van der Waals surface area contributed by atoms with Crippen LogP contribution in [0.1, 0.15) is 43.7 Å². The molecule has 0 spiro atoms. The summed E-state index contributed by atoms with van der Waals surface area (Å²) in [5.41, 5.74) is 1.07. The molecule has 1 amide bonds. The SMILES string of the molecule is O=C(CC(=O)N1CCCC[C@@H]1C(=O)[O-])C[NH+]1C[C@@H]2C[C@H](C1)c1cccc(=O)n1C2. The Bertz CT molecular complexity index is 879. The number of ketones is 1. The van der Waals surface area contributed by atoms with Crippen molar-refractivity contribution in [2.24, 2.45) is 5.92 Å². The van der Waals surface area contributed by atoms with E-state index >= 15 is 0 Å². The second kappa shape index (κ2) is 8.10. The summed E-state index contributed by atoms with van der Waals surface area (Å²) in [5.74, 6) is -1.20. The van der Waals surface area contributed by atoms with E-state index in [1.165, 1.54) is 4.90 Å². The van der Waals surface area contributed by atoms with Crippen LogP contribution < -0.4 is 15.6 Å². The van der Waals surface area contributed by atoms with Crippen LogP contribution in [0.2, 0.25) is 0 Å². The Hall–Kier alpha value is -2.48. The maximum Gasteiger partial charge on any atom is 0.250 e. The van der Waals surface area contributed by atoms with Crippen molar-refractivity contribution in [1.82, 2.24) is 9.47 Å². The number of fused-ring (bicyclic) bond motifs is 4. The molecule has 1 aromatic heterocycles. The number of nitrogens with zero attached hydrogens (tertiary/aromatic N) is 2. The molecule has 1 unspecified atom stereocenters. The number of Topliss-reactive ketones (excluding diaryl/α,β-unsaturated/α-hetero) is 1. The third-order valence-corrected chi connectivity index (χ3v) is 6.56. The van der Waals surface area contributed by atoms with Gasteiger partial charge in [0.1, 0.15) is 6.54 Å². The number of carboxylic acids is 1. The number of rotatable bonds is 5. The molecule has 0 saturated carbocycles. The van der Waals surface area contributed by atoms with Crippen LogP contribution in [0, 0.1) is 5.92 Å². The molecular weight excluding hydrogens is 374 g/mol. The van der Waals surface area contributed by atoms with Crippen LogP contribution in [0.3, 0.4) is 0 Å². The van der Waals surface area contributed by atoms with E-state index in [2.05, 4.69) is 0 Å². The predicted molar refractivity (Wildman–Crippen MR) is 101 cm³/mol. The largest absolute Gasteiger partial charge is 0.548 e. The van der Waals surface area contributed by atoms with Crippen LogP contribution in [0.25, 0.3) is 0 Å². The Kier molecular flexibility index (Phi) is 5.54. The average molecular weight is 401 g/mol. The van der Waals surface area contributed by atoms with Crippen LogP contribution in [-0.4, -0.2) is 59.3 Å². The van der Waals surface area contributed by atoms with Crippen LogP contribution in [0.4, 0.5) is 0 Å². The standard InChI is InChI=1S/C21H27N3O5/c25-16(9-20(27)23-7-2-1-4-18(23)21(28)29)13-22-10-14-8-15(12-22)17-5-3-6-19(26)24(17)11-14/h3,5-6,14-15,18H,1-2,4,7-13H2,(H,28,29)/t14-,15+,18+/m0/s1. The predicted octanol–water partition coefficient (Wildman–Crippen LogP) is -2.06. The van der Waals surface area contributed by atoms with Gasteiger partial charge >= 0.3 is 0 Å². The van der Waals surface area contributed by atoms with Crippen LogP contribution in [0.15, 0.2) is 23.0 Å². The molecule has 29 heavy (non-hydrogen) atoms. The molecule has 1 N–H and O–H groups in total. The van der Waals surface area contributed by atoms with E-state index in [9.17, 15) is 24.3 Å². The molecule has 3 aliphatic rings. The summed E-state index contributed by atoms with van der Waals surface area (Å²) < 4.78 is 1.86. The summed E-state index contributed by atoms with van der Waals surface area (Å²) in [6, 6.07) is 4.46. The second-order valence-corrected chi connectivity index (χ2v) is 8.67. The molecule has 8 nitrogen and oxygen atoms in total. The van der Waals surface area contributed by atoms with Crippen molar-refractivity contribution >= 4 is 17.7 Å². The fourth-order valence-electron chi connectivity index (χ4n) is 5.35. The van der Waals surface area contributed by atoms with Gasteiger partial charge in [-0.05, 0) is 31.7 Å². The number of nitrogens with one attached hydrogen (secondary N) is 1. The van der Waals surface area contributed by atoms with Crippen molar-refractivity contribution in [3.63, 3.8) is 0 Å². The zero-order valence-electron chi connectivity index (χ0n) is 16.5. The molecule has 4 atom stereocenters. The van der Waals surface area contributed by atoms with Gasteiger partial charge < -0.3 is 24.3 Å². The first kappa shape index (κ1) is 19.8. The molecule has 8 heteroatoms. The Morgan fingerprint density at radius 3 is 2.79 bits per heavy atom. The number of carboxylic acid groups (broad SMARTS) is 1. The normalized spacial score (nSPS) is 28.5. The van der Waals surface area contributed by atoms with Gasteiger partial charge in [-0.2, -0.15) is 0 Å². The summed E-state index contributed by atoms with van der Waals surface area (Å²) in [7, 11) is 0. The number of pyridine rings is 1. The van der Waals surface area contributed by atoms with E-state index in [0.29, 0.717) is 25.4 Å². The van der Waals surface area contributed by atoms with Gasteiger partial charge in [0.15, 0.2) is 5.78 Å². The minimum Gasteiger partial charge on any atom is -0.548 e. The Morgan fingerprint density at radius 2 is 2.00 bits per heavy atom. The third kappa shape index (κ3) is 4.12. The first-order valence-corrected chi connectivity index (χ1v) is 10.5. The second-order valence-electron chi connectivity index (χ2n) is 8.67. The first-order chi connectivity index (χ1) is 13.9. The van der Waals surface area contributed by atoms with E-state index in [1.807, 2.05) is 10.6 Å². The van der Waals surface area contributed by atoms with Gasteiger partial charge in [0.2, 0.25) is 5.91 Å². The molecule has 4 rings (SSSR count). The summed E-state index contributed by atoms with van der Waals surface area (Å²) in [6.45, 7) is 2.90. The molecule has 4 heterocycles. The lowest BCUT2D eigenvalue weighted by molar-refractivity contribution is -0.903. The Balaban J connectivity index is 1.37. The van der Waals surface area contributed by atoms with Crippen molar-refractivity contribution < 1.29 is 24.4 Å². The third-order valence-electron chi connectivity index (χ3n) is 6.56. The number of quaternary nitrogens is 1. The number of hydrogen-bond acceptors (Lipinski definition) is 5. The van der Waals surface area contributed by atoms with Gasteiger partial charge in [0.25, 0.3) is 5.56 Å². The molecular formula is C21H27N3O5. The summed E-state index contributed by atoms with van der Waals surface area (Å²) in [5, 5.41) is 11.3. The molecule has 2 saturated heterocycles. The van der Waals surface area contributed by atoms with Crippen molar-refractivity contribution in [3.8, 4) is 0 Å². The molecule has 0 radical (unpaired) electrons. The summed E-state index contributed by atoms with van der Waals surface area (Å²) in [4.78, 5) is 51.0. The van der Waals surface area contributed by atoms with Crippen molar-refractivity contribution in [2.45, 2.75) is 50.6 Å². The number of hydrogen-bond donors (Lipinski definition) is 1. The van der Waals surface area contributed by atoms with E-state index in [-0.39, 0.29) is 30.2 Å². The fraction of sp³-hybridized carbons (Fsp3) is 0.619. The molecule has 1 aromatic rings. The van der Waals surface area contributed by atoms with E-state index < -0.39 is 17.9 Å². The fourth-order valence-corrected chi connectivity index (χ4v) is 5.35. The lowest BCUT2D eigenvalue weighted by Gasteiger charge is -2.40. The van der Waals surface area contributed by atoms with E-state index in [0.717, 1.165) is 42.9 Å². The van der Waals surface area contributed by atoms with Gasteiger partial charge in [-0.1, -0.05) is 6.07 Å². The van der Waals surface area contributed by atoms with Gasteiger partial charge in [-0.3, -0.25) is 14.4 Å². The number of likely N-dealkylation sites (tertiary alicyclic amines) is 2. The number of carbonyl (C=O) groups excluding carboxylic acids is 3. The smallest absolute Gasteiger partial charge is 0.250 e. The minimum absolute atomic E-state index is 0.0336. The monoisotopic (exact) mass is 401 g/mol. The highest BCUT2D eigenvalue weighted by Gasteiger charge is 2.38. The quantitative estimate of drug-likeness (QED) is 0.572. The minimum atomic E-state index is -1.24. The number of piperidine rings is 2. The molecule has 3 aliphatic heterocycles. The van der Waals surface area contributed by atoms with Gasteiger partial charge in [0, 0.05) is 36.7 Å². The molecule has 0 aromatic carbocycles. The van der Waals surface area contributed by atoms with Crippen molar-refractivity contribution in [1.29, 1.82) is 0 Å². The Morgan fingerprint density at radius 1 is 1.17 bits per heavy atom. The van der Waals surface area contributed by atoms with E-state index in [1.54, 1.807) is 12.1 Å². The molecule has 2 fully saturated rings. The zero-order valence-corrected chi connectivity index (χ0v) is 16.5. The number of aromatic nitrogens is 1. The van der Waals surface area contributed by atoms with Crippen LogP contribution in [-0.2, 0) is 20.9 Å². The molecule has 156 valence electrons. The summed E-state index contributed by atoms with van der Waals surface area (Å²) in [6.07, 6.45) is 2.67. The van der Waals surface area contributed by atoms with Gasteiger partial charge in [-0.25, -0.2) is 0 Å². The van der Waals surface area contributed by atoms with Gasteiger partial charge in [-0.15, -0.1) is 0 Å². The average Bonchev–Trinajstić information content (AvgIpc) is 2.68. The zero-order chi connectivity index (χ0) is 20.5. The Labute approximate surface area is 169 Å². The molecule has 2 bridgehead atoms. The summed E-state index contributed by atoms with van der Waals surface area (Å²) >= 11 is 0. The highest BCUT2D eigenvalue weighted by Crippen LogP contribution is 2.30. The number of carbonyl (C=O) groups is 3. The van der Waals surface area contributed by atoms with Crippen molar-refractivity contribution in [3.05, 3.63) is 34.2 Å². The highest BCUT2D eigenvalue weighted by molar-refractivity contribution is 5.99. The lowest BCUT2D eigenvalue weighted by atomic mass is 9.83. The highest BCUT2D eigenvalue weighted by atomic mass is 16.4. The van der Waals surface area contributed by atoms with Crippen molar-refractivity contribution in [2.75, 3.05) is 26.2 Å². The van der Waals surface area contributed by atoms with Gasteiger partial charge in [0.05, 0.1) is 31.5 Å². The number of amides is 1. The van der Waals surface area contributed by atoms with E-state index in [4.69, 9.17) is 0 Å². The topological polar surface area (TPSA) is 104 Å². The first-order valence-electron chi connectivity index (χ1n) is 10.5. The van der Waals surface area contributed by atoms with Crippen LogP contribution >= 0.6 is 0 Å².